The van der Waals surface area contributed by atoms with E-state index in [-0.39, 0.29) is 11.8 Å². The summed E-state index contributed by atoms with van der Waals surface area (Å²) in [7, 11) is 0. The average molecular weight is 265 g/mol. The molecule has 0 saturated carbocycles. The standard InChI is InChI=1S/C18H19NO/c1-2-19-18(20)17-15-9-5-3-7-13(15)11-12-14-8-4-6-10-16(14)17/h3-10,17H,2,11-12H2,1H3,(H,19,20). The van der Waals surface area contributed by atoms with Gasteiger partial charge in [-0.1, -0.05) is 48.5 Å². The van der Waals surface area contributed by atoms with Crippen molar-refractivity contribution in [3.8, 4) is 0 Å². The molecule has 0 fully saturated rings. The third-order valence-electron chi connectivity index (χ3n) is 4.01. The van der Waals surface area contributed by atoms with E-state index in [0.29, 0.717) is 6.54 Å². The third-order valence-corrected chi connectivity index (χ3v) is 4.01. The highest BCUT2D eigenvalue weighted by Gasteiger charge is 2.28. The first-order chi connectivity index (χ1) is 9.81. The summed E-state index contributed by atoms with van der Waals surface area (Å²) in [5, 5.41) is 2.99. The van der Waals surface area contributed by atoms with E-state index in [9.17, 15) is 4.79 Å². The predicted molar refractivity (Wildman–Crippen MR) is 80.8 cm³/mol. The average Bonchev–Trinajstić information content (AvgIpc) is 2.64. The zero-order valence-electron chi connectivity index (χ0n) is 11.7. The Morgan fingerprint density at radius 3 is 2.00 bits per heavy atom. The first kappa shape index (κ1) is 12.9. The molecule has 0 radical (unpaired) electrons. The fourth-order valence-electron chi connectivity index (χ4n) is 3.08. The minimum atomic E-state index is -0.176. The summed E-state index contributed by atoms with van der Waals surface area (Å²) in [6, 6.07) is 16.7. The molecule has 0 atom stereocenters. The van der Waals surface area contributed by atoms with Crippen LogP contribution in [0.2, 0.25) is 0 Å². The number of fused-ring (bicyclic) bond motifs is 2. The maximum Gasteiger partial charge on any atom is 0.232 e. The van der Waals surface area contributed by atoms with Gasteiger partial charge in [-0.2, -0.15) is 0 Å². The van der Waals surface area contributed by atoms with Gasteiger partial charge in [0.15, 0.2) is 0 Å². The minimum Gasteiger partial charge on any atom is -0.356 e. The highest BCUT2D eigenvalue weighted by molar-refractivity contribution is 5.88. The lowest BCUT2D eigenvalue weighted by Crippen LogP contribution is -2.30. The van der Waals surface area contributed by atoms with Crippen LogP contribution in [0, 0.1) is 0 Å². The Morgan fingerprint density at radius 1 is 1.00 bits per heavy atom. The van der Waals surface area contributed by atoms with Crippen molar-refractivity contribution < 1.29 is 4.79 Å². The van der Waals surface area contributed by atoms with Crippen molar-refractivity contribution >= 4 is 5.91 Å². The van der Waals surface area contributed by atoms with Gasteiger partial charge >= 0.3 is 0 Å². The molecule has 0 heterocycles. The highest BCUT2D eigenvalue weighted by Crippen LogP contribution is 2.34. The number of carbonyl (C=O) groups excluding carboxylic acids is 1. The molecule has 0 spiro atoms. The summed E-state index contributed by atoms with van der Waals surface area (Å²) < 4.78 is 0. The number of hydrogen-bond acceptors (Lipinski definition) is 1. The first-order valence-electron chi connectivity index (χ1n) is 7.24. The molecule has 2 heteroatoms. The fraction of sp³-hybridized carbons (Fsp3) is 0.278. The number of rotatable bonds is 2. The van der Waals surface area contributed by atoms with Gasteiger partial charge in [0.05, 0.1) is 5.92 Å². The summed E-state index contributed by atoms with van der Waals surface area (Å²) in [5.74, 6) is -0.0702. The number of carbonyl (C=O) groups is 1. The lowest BCUT2D eigenvalue weighted by atomic mass is 9.87. The van der Waals surface area contributed by atoms with Gasteiger partial charge in [-0.15, -0.1) is 0 Å². The molecular formula is C18H19NO. The number of likely N-dealkylation sites (N-methyl/N-ethyl adjacent to an activating group) is 1. The van der Waals surface area contributed by atoms with E-state index in [1.165, 1.54) is 11.1 Å². The summed E-state index contributed by atoms with van der Waals surface area (Å²) in [6.07, 6.45) is 2.01. The quantitative estimate of drug-likeness (QED) is 0.888. The van der Waals surface area contributed by atoms with E-state index in [2.05, 4.69) is 41.7 Å². The van der Waals surface area contributed by atoms with Gasteiger partial charge in [-0.05, 0) is 42.0 Å². The molecule has 2 aromatic carbocycles. The molecule has 1 amide bonds. The van der Waals surface area contributed by atoms with Crippen LogP contribution in [0.25, 0.3) is 0 Å². The molecular weight excluding hydrogens is 246 g/mol. The normalized spacial score (nSPS) is 14.1. The molecule has 0 unspecified atom stereocenters. The van der Waals surface area contributed by atoms with Gasteiger partial charge in [-0.25, -0.2) is 0 Å². The lowest BCUT2D eigenvalue weighted by Gasteiger charge is -2.19. The van der Waals surface area contributed by atoms with Crippen molar-refractivity contribution in [2.45, 2.75) is 25.7 Å². The topological polar surface area (TPSA) is 29.1 Å². The smallest absolute Gasteiger partial charge is 0.232 e. The van der Waals surface area contributed by atoms with Crippen molar-refractivity contribution in [3.05, 3.63) is 70.8 Å². The second-order valence-electron chi connectivity index (χ2n) is 5.23. The van der Waals surface area contributed by atoms with Gasteiger partial charge in [0.2, 0.25) is 5.91 Å². The van der Waals surface area contributed by atoms with E-state index >= 15 is 0 Å². The molecule has 1 N–H and O–H groups in total. The van der Waals surface area contributed by atoms with Gasteiger partial charge in [0.25, 0.3) is 0 Å². The van der Waals surface area contributed by atoms with Crippen molar-refractivity contribution in [2.75, 3.05) is 6.54 Å². The Hall–Kier alpha value is -2.09. The number of nitrogens with one attached hydrogen (secondary N) is 1. The molecule has 0 saturated heterocycles. The highest BCUT2D eigenvalue weighted by atomic mass is 16.1. The molecule has 3 rings (SSSR count). The Bertz CT molecular complexity index is 585. The Morgan fingerprint density at radius 2 is 1.50 bits per heavy atom. The van der Waals surface area contributed by atoms with E-state index in [4.69, 9.17) is 0 Å². The maximum absolute atomic E-state index is 12.6. The number of benzene rings is 2. The van der Waals surface area contributed by atoms with Crippen molar-refractivity contribution in [3.63, 3.8) is 0 Å². The number of aryl methyl sites for hydroxylation is 2. The van der Waals surface area contributed by atoms with Crippen molar-refractivity contribution in [1.82, 2.24) is 5.32 Å². The predicted octanol–water partition coefficient (Wildman–Crippen LogP) is 3.05. The van der Waals surface area contributed by atoms with Crippen LogP contribution in [-0.4, -0.2) is 12.5 Å². The van der Waals surface area contributed by atoms with Crippen LogP contribution >= 0.6 is 0 Å². The Balaban J connectivity index is 2.16. The molecule has 1 aliphatic carbocycles. The van der Waals surface area contributed by atoms with Gasteiger partial charge in [0, 0.05) is 6.54 Å². The second-order valence-corrected chi connectivity index (χ2v) is 5.23. The lowest BCUT2D eigenvalue weighted by molar-refractivity contribution is -0.121. The summed E-state index contributed by atoms with van der Waals surface area (Å²) in [5.41, 5.74) is 4.90. The largest absolute Gasteiger partial charge is 0.356 e. The third kappa shape index (κ3) is 2.22. The molecule has 2 nitrogen and oxygen atoms in total. The first-order valence-corrected chi connectivity index (χ1v) is 7.24. The zero-order valence-corrected chi connectivity index (χ0v) is 11.7. The number of amides is 1. The van der Waals surface area contributed by atoms with E-state index < -0.39 is 0 Å². The second kappa shape index (κ2) is 5.49. The van der Waals surface area contributed by atoms with Crippen LogP contribution in [0.3, 0.4) is 0 Å². The molecule has 0 aliphatic heterocycles. The van der Waals surface area contributed by atoms with Crippen molar-refractivity contribution in [2.24, 2.45) is 0 Å². The van der Waals surface area contributed by atoms with Gasteiger partial charge in [0.1, 0.15) is 0 Å². The monoisotopic (exact) mass is 265 g/mol. The van der Waals surface area contributed by atoms with Crippen LogP contribution < -0.4 is 5.32 Å². The van der Waals surface area contributed by atoms with Crippen LogP contribution in [0.5, 0.6) is 0 Å². The summed E-state index contributed by atoms with van der Waals surface area (Å²) in [6.45, 7) is 2.63. The fourth-order valence-corrected chi connectivity index (χ4v) is 3.08. The molecule has 102 valence electrons. The van der Waals surface area contributed by atoms with Gasteiger partial charge < -0.3 is 5.32 Å². The molecule has 20 heavy (non-hydrogen) atoms. The Kier molecular flexibility index (Phi) is 3.55. The SMILES string of the molecule is CCNC(=O)C1c2ccccc2CCc2ccccc21. The zero-order chi connectivity index (χ0) is 13.9. The van der Waals surface area contributed by atoms with Crippen LogP contribution in [0.15, 0.2) is 48.5 Å². The summed E-state index contributed by atoms with van der Waals surface area (Å²) >= 11 is 0. The van der Waals surface area contributed by atoms with Crippen LogP contribution in [0.1, 0.15) is 35.1 Å². The summed E-state index contributed by atoms with van der Waals surface area (Å²) in [4.78, 5) is 12.6. The van der Waals surface area contributed by atoms with E-state index in [1.54, 1.807) is 0 Å². The van der Waals surface area contributed by atoms with E-state index in [0.717, 1.165) is 24.0 Å². The van der Waals surface area contributed by atoms with E-state index in [1.807, 2.05) is 19.1 Å². The molecule has 0 bridgehead atoms. The Labute approximate surface area is 119 Å². The van der Waals surface area contributed by atoms with Crippen molar-refractivity contribution in [1.29, 1.82) is 0 Å². The van der Waals surface area contributed by atoms with Gasteiger partial charge in [-0.3, -0.25) is 4.79 Å². The number of hydrogen-bond donors (Lipinski definition) is 1. The molecule has 2 aromatic rings. The molecule has 0 aromatic heterocycles. The molecule has 1 aliphatic rings. The maximum atomic E-state index is 12.6. The van der Waals surface area contributed by atoms with Crippen LogP contribution in [0.4, 0.5) is 0 Å². The van der Waals surface area contributed by atoms with Crippen LogP contribution in [-0.2, 0) is 17.6 Å². The minimum absolute atomic E-state index is 0.106.